The molecule has 0 aliphatic rings. The molecule has 27 heavy (non-hydrogen) atoms. The molecule has 2 aromatic heterocycles. The molecule has 1 amide bonds. The molecule has 4 rings (SSSR count). The van der Waals surface area contributed by atoms with Gasteiger partial charge in [-0.2, -0.15) is 0 Å². The van der Waals surface area contributed by atoms with Gasteiger partial charge in [-0.15, -0.1) is 0 Å². The Morgan fingerprint density at radius 2 is 1.78 bits per heavy atom. The Kier molecular flexibility index (Phi) is 4.47. The normalized spacial score (nSPS) is 10.9. The van der Waals surface area contributed by atoms with Gasteiger partial charge < -0.3 is 9.72 Å². The lowest BCUT2D eigenvalue weighted by Gasteiger charge is -2.06. The largest absolute Gasteiger partial charge is 0.322 e. The highest BCUT2D eigenvalue weighted by Gasteiger charge is 2.08. The number of imidazole rings is 1. The first-order valence-corrected chi connectivity index (χ1v) is 9.09. The molecule has 0 fully saturated rings. The summed E-state index contributed by atoms with van der Waals surface area (Å²) in [7, 11) is 0. The summed E-state index contributed by atoms with van der Waals surface area (Å²) in [6, 6.07) is 19.5. The van der Waals surface area contributed by atoms with Crippen molar-refractivity contribution in [2.24, 2.45) is 0 Å². The van der Waals surface area contributed by atoms with E-state index in [1.165, 1.54) is 5.56 Å². The van der Waals surface area contributed by atoms with Crippen LogP contribution >= 0.6 is 0 Å². The second-order valence-electron chi connectivity index (χ2n) is 6.63. The van der Waals surface area contributed by atoms with Gasteiger partial charge in [0.25, 0.3) is 5.91 Å². The third-order valence-electron chi connectivity index (χ3n) is 4.74. The predicted octanol–water partition coefficient (Wildman–Crippen LogP) is 5.12. The molecule has 4 heteroatoms. The van der Waals surface area contributed by atoms with Crippen LogP contribution in [0, 0.1) is 6.92 Å². The molecule has 1 N–H and O–H groups in total. The monoisotopic (exact) mass is 355 g/mol. The number of anilines is 1. The number of carbonyl (C=O) groups excluding carboxylic acids is 1. The zero-order valence-corrected chi connectivity index (χ0v) is 15.4. The van der Waals surface area contributed by atoms with E-state index < -0.39 is 0 Å². The second-order valence-corrected chi connectivity index (χ2v) is 6.63. The molecule has 0 saturated carbocycles. The van der Waals surface area contributed by atoms with Crippen LogP contribution in [0.4, 0.5) is 5.69 Å². The van der Waals surface area contributed by atoms with Gasteiger partial charge in [0, 0.05) is 29.2 Å². The van der Waals surface area contributed by atoms with E-state index in [2.05, 4.69) is 25.2 Å². The van der Waals surface area contributed by atoms with Gasteiger partial charge >= 0.3 is 0 Å². The summed E-state index contributed by atoms with van der Waals surface area (Å²) in [6.07, 6.45) is 4.98. The summed E-state index contributed by atoms with van der Waals surface area (Å²) in [6.45, 7) is 4.15. The number of amides is 1. The van der Waals surface area contributed by atoms with E-state index in [0.717, 1.165) is 34.6 Å². The number of rotatable bonds is 4. The van der Waals surface area contributed by atoms with Crippen LogP contribution in [-0.4, -0.2) is 15.3 Å². The number of aromatic nitrogens is 2. The van der Waals surface area contributed by atoms with Crippen LogP contribution < -0.4 is 5.32 Å². The van der Waals surface area contributed by atoms with E-state index in [1.807, 2.05) is 71.4 Å². The van der Waals surface area contributed by atoms with Crippen LogP contribution in [-0.2, 0) is 6.42 Å². The number of carbonyl (C=O) groups is 1. The predicted molar refractivity (Wildman–Crippen MR) is 109 cm³/mol. The van der Waals surface area contributed by atoms with Crippen molar-refractivity contribution in [3.8, 4) is 11.3 Å². The first-order valence-electron chi connectivity index (χ1n) is 9.09. The minimum atomic E-state index is -0.103. The maximum atomic E-state index is 12.4. The van der Waals surface area contributed by atoms with Crippen LogP contribution in [0.3, 0.4) is 0 Å². The summed E-state index contributed by atoms with van der Waals surface area (Å²) in [5.74, 6) is -0.103. The number of fused-ring (bicyclic) bond motifs is 1. The lowest BCUT2D eigenvalue weighted by Crippen LogP contribution is -2.11. The van der Waals surface area contributed by atoms with Gasteiger partial charge in [0.2, 0.25) is 0 Å². The third-order valence-corrected chi connectivity index (χ3v) is 4.74. The molecule has 2 heterocycles. The van der Waals surface area contributed by atoms with E-state index >= 15 is 0 Å². The molecule has 4 nitrogen and oxygen atoms in total. The van der Waals surface area contributed by atoms with Gasteiger partial charge in [0.05, 0.1) is 5.69 Å². The van der Waals surface area contributed by atoms with Crippen molar-refractivity contribution in [3.63, 3.8) is 0 Å². The number of benzene rings is 2. The Bertz CT molecular complexity index is 1090. The lowest BCUT2D eigenvalue weighted by molar-refractivity contribution is 0.102. The van der Waals surface area contributed by atoms with Crippen LogP contribution in [0.2, 0.25) is 0 Å². The van der Waals surface area contributed by atoms with Gasteiger partial charge in [-0.05, 0) is 54.8 Å². The van der Waals surface area contributed by atoms with Crippen molar-refractivity contribution in [1.29, 1.82) is 0 Å². The highest BCUT2D eigenvalue weighted by molar-refractivity contribution is 6.04. The first kappa shape index (κ1) is 17.0. The number of nitrogens with one attached hydrogen (secondary N) is 1. The van der Waals surface area contributed by atoms with Crippen LogP contribution in [0.5, 0.6) is 0 Å². The molecule has 0 unspecified atom stereocenters. The molecule has 0 aliphatic carbocycles. The summed E-state index contributed by atoms with van der Waals surface area (Å²) in [5.41, 5.74) is 6.68. The number of hydrogen-bond acceptors (Lipinski definition) is 2. The van der Waals surface area contributed by atoms with Crippen molar-refractivity contribution in [1.82, 2.24) is 9.38 Å². The van der Waals surface area contributed by atoms with Gasteiger partial charge in [-0.3, -0.25) is 4.79 Å². The molecular formula is C23H21N3O. The fourth-order valence-electron chi connectivity index (χ4n) is 3.11. The van der Waals surface area contributed by atoms with Gasteiger partial charge in [-0.1, -0.05) is 37.3 Å². The average molecular weight is 355 g/mol. The standard InChI is InChI=1S/C23H21N3O/c1-3-17-6-8-19(9-7-17)23(27)24-20-12-10-18(11-13-20)21-15-26-14-4-5-16(2)22(26)25-21/h4-15H,3H2,1-2H3,(H,24,27). The lowest BCUT2D eigenvalue weighted by atomic mass is 10.1. The van der Waals surface area contributed by atoms with Crippen molar-refractivity contribution in [2.45, 2.75) is 20.3 Å². The Morgan fingerprint density at radius 1 is 1.04 bits per heavy atom. The smallest absolute Gasteiger partial charge is 0.255 e. The number of nitrogens with zero attached hydrogens (tertiary/aromatic N) is 2. The average Bonchev–Trinajstić information content (AvgIpc) is 3.14. The third kappa shape index (κ3) is 3.47. The molecular weight excluding hydrogens is 334 g/mol. The molecule has 2 aromatic carbocycles. The summed E-state index contributed by atoms with van der Waals surface area (Å²) in [4.78, 5) is 17.1. The fourth-order valence-corrected chi connectivity index (χ4v) is 3.11. The van der Waals surface area contributed by atoms with Crippen LogP contribution in [0.1, 0.15) is 28.4 Å². The van der Waals surface area contributed by atoms with Gasteiger partial charge in [-0.25, -0.2) is 4.98 Å². The van der Waals surface area contributed by atoms with E-state index in [4.69, 9.17) is 4.98 Å². The zero-order valence-electron chi connectivity index (χ0n) is 15.4. The first-order chi connectivity index (χ1) is 13.1. The van der Waals surface area contributed by atoms with Gasteiger partial charge in [0.15, 0.2) is 0 Å². The fraction of sp³-hybridized carbons (Fsp3) is 0.130. The van der Waals surface area contributed by atoms with E-state index in [0.29, 0.717) is 5.56 Å². The minimum absolute atomic E-state index is 0.103. The van der Waals surface area contributed by atoms with E-state index in [1.54, 1.807) is 0 Å². The van der Waals surface area contributed by atoms with E-state index in [9.17, 15) is 4.79 Å². The number of hydrogen-bond donors (Lipinski definition) is 1. The van der Waals surface area contributed by atoms with Crippen LogP contribution in [0.15, 0.2) is 73.1 Å². The van der Waals surface area contributed by atoms with Crippen molar-refractivity contribution < 1.29 is 4.79 Å². The molecule has 134 valence electrons. The quantitative estimate of drug-likeness (QED) is 0.552. The molecule has 4 aromatic rings. The zero-order chi connectivity index (χ0) is 18.8. The highest BCUT2D eigenvalue weighted by atomic mass is 16.1. The minimum Gasteiger partial charge on any atom is -0.322 e. The molecule has 0 aliphatic heterocycles. The number of aryl methyl sites for hydroxylation is 2. The second kappa shape index (κ2) is 7.08. The Morgan fingerprint density at radius 3 is 2.44 bits per heavy atom. The molecule has 0 radical (unpaired) electrons. The summed E-state index contributed by atoms with van der Waals surface area (Å²) in [5, 5.41) is 2.95. The Labute approximate surface area is 158 Å². The number of pyridine rings is 1. The maximum Gasteiger partial charge on any atom is 0.255 e. The summed E-state index contributed by atoms with van der Waals surface area (Å²) >= 11 is 0. The summed E-state index contributed by atoms with van der Waals surface area (Å²) < 4.78 is 2.03. The molecule has 0 saturated heterocycles. The van der Waals surface area contributed by atoms with Crippen molar-refractivity contribution in [2.75, 3.05) is 5.32 Å². The Hall–Kier alpha value is -3.40. The van der Waals surface area contributed by atoms with Crippen LogP contribution in [0.25, 0.3) is 16.9 Å². The van der Waals surface area contributed by atoms with Gasteiger partial charge in [0.1, 0.15) is 5.65 Å². The van der Waals surface area contributed by atoms with Crippen molar-refractivity contribution >= 4 is 17.2 Å². The van der Waals surface area contributed by atoms with E-state index in [-0.39, 0.29) is 5.91 Å². The SMILES string of the molecule is CCc1ccc(C(=O)Nc2ccc(-c3cn4cccc(C)c4n3)cc2)cc1. The maximum absolute atomic E-state index is 12.4. The van der Waals surface area contributed by atoms with Crippen molar-refractivity contribution in [3.05, 3.63) is 89.7 Å². The molecule has 0 spiro atoms. The Balaban J connectivity index is 1.52. The molecule has 0 bridgehead atoms. The molecule has 0 atom stereocenters. The topological polar surface area (TPSA) is 46.4 Å². The highest BCUT2D eigenvalue weighted by Crippen LogP contribution is 2.22.